The van der Waals surface area contributed by atoms with E-state index in [0.29, 0.717) is 4.90 Å². The van der Waals surface area contributed by atoms with Crippen molar-refractivity contribution in [2.45, 2.75) is 30.7 Å². The van der Waals surface area contributed by atoms with Crippen LogP contribution in [0.5, 0.6) is 0 Å². The van der Waals surface area contributed by atoms with Crippen LogP contribution in [0.1, 0.15) is 12.8 Å². The highest BCUT2D eigenvalue weighted by Crippen LogP contribution is 2.41. The molecule has 0 radical (unpaired) electrons. The summed E-state index contributed by atoms with van der Waals surface area (Å²) in [7, 11) is 0. The molecule has 2 N–H and O–H groups in total. The molecule has 0 aromatic heterocycles. The number of aliphatic carboxylic acids is 1. The standard InChI is InChI=1S/C11H14F3NO5/c1-2-3-20-9(18)15-6-10(19,11(12,13)14)5-7(15)4-8(16)17/h2,7,19H,1,3-6H2,(H,16,17). The van der Waals surface area contributed by atoms with Gasteiger partial charge in [-0.25, -0.2) is 4.79 Å². The first-order chi connectivity index (χ1) is 9.10. The summed E-state index contributed by atoms with van der Waals surface area (Å²) in [6, 6.07) is -1.28. The highest BCUT2D eigenvalue weighted by Gasteiger charge is 2.61. The molecule has 0 bridgehead atoms. The fourth-order valence-electron chi connectivity index (χ4n) is 1.99. The van der Waals surface area contributed by atoms with Crippen molar-refractivity contribution < 1.29 is 37.7 Å². The molecule has 1 saturated heterocycles. The van der Waals surface area contributed by atoms with Crippen molar-refractivity contribution in [3.63, 3.8) is 0 Å². The molecule has 1 fully saturated rings. The van der Waals surface area contributed by atoms with Crippen molar-refractivity contribution in [3.8, 4) is 0 Å². The maximum Gasteiger partial charge on any atom is 0.419 e. The minimum absolute atomic E-state index is 0.223. The van der Waals surface area contributed by atoms with Crippen LogP contribution in [0.3, 0.4) is 0 Å². The van der Waals surface area contributed by atoms with E-state index in [1.165, 1.54) is 6.08 Å². The fourth-order valence-corrected chi connectivity index (χ4v) is 1.99. The molecule has 6 nitrogen and oxygen atoms in total. The Balaban J connectivity index is 2.91. The predicted octanol–water partition coefficient (Wildman–Crippen LogP) is 1.15. The lowest BCUT2D eigenvalue weighted by atomic mass is 9.98. The number of β-amino-alcohol motifs (C(OH)–C–C–N with tert-alkyl or cyclic N) is 1. The Morgan fingerprint density at radius 2 is 2.10 bits per heavy atom. The van der Waals surface area contributed by atoms with Crippen LogP contribution in [-0.2, 0) is 9.53 Å². The lowest BCUT2D eigenvalue weighted by Gasteiger charge is -2.25. The summed E-state index contributed by atoms with van der Waals surface area (Å²) in [6.07, 6.45) is -6.46. The van der Waals surface area contributed by atoms with Gasteiger partial charge in [0.15, 0.2) is 5.60 Å². The van der Waals surface area contributed by atoms with Gasteiger partial charge in [0.1, 0.15) is 6.61 Å². The Morgan fingerprint density at radius 1 is 1.50 bits per heavy atom. The minimum atomic E-state index is -4.96. The van der Waals surface area contributed by atoms with Crippen LogP contribution < -0.4 is 0 Å². The molecule has 1 aliphatic heterocycles. The second-order valence-electron chi connectivity index (χ2n) is 4.48. The quantitative estimate of drug-likeness (QED) is 0.760. The maximum atomic E-state index is 12.8. The van der Waals surface area contributed by atoms with E-state index in [0.717, 1.165) is 0 Å². The molecular formula is C11H14F3NO5. The summed E-state index contributed by atoms with van der Waals surface area (Å²) in [5.74, 6) is -1.37. The number of hydrogen-bond donors (Lipinski definition) is 2. The van der Waals surface area contributed by atoms with E-state index < -0.39 is 49.3 Å². The molecule has 1 rings (SSSR count). The summed E-state index contributed by atoms with van der Waals surface area (Å²) in [5, 5.41) is 18.2. The lowest BCUT2D eigenvalue weighted by Crippen LogP contribution is -2.48. The molecule has 2 unspecified atom stereocenters. The number of likely N-dealkylation sites (tertiary alicyclic amines) is 1. The van der Waals surface area contributed by atoms with Crippen molar-refractivity contribution in [1.82, 2.24) is 4.90 Å². The summed E-state index contributed by atoms with van der Waals surface area (Å²) in [5.41, 5.74) is -3.12. The zero-order valence-corrected chi connectivity index (χ0v) is 10.4. The molecule has 9 heteroatoms. The number of rotatable bonds is 4. The fraction of sp³-hybridized carbons (Fsp3) is 0.636. The van der Waals surface area contributed by atoms with Crippen molar-refractivity contribution in [2.75, 3.05) is 13.2 Å². The Bertz CT molecular complexity index is 411. The van der Waals surface area contributed by atoms with Crippen LogP contribution in [0.4, 0.5) is 18.0 Å². The van der Waals surface area contributed by atoms with Crippen LogP contribution in [0.15, 0.2) is 12.7 Å². The van der Waals surface area contributed by atoms with Gasteiger partial charge in [0, 0.05) is 12.5 Å². The van der Waals surface area contributed by atoms with Gasteiger partial charge >= 0.3 is 18.2 Å². The van der Waals surface area contributed by atoms with Crippen LogP contribution in [-0.4, -0.2) is 58.1 Å². The average Bonchev–Trinajstić information content (AvgIpc) is 2.63. The lowest BCUT2D eigenvalue weighted by molar-refractivity contribution is -0.253. The van der Waals surface area contributed by atoms with Gasteiger partial charge in [0.2, 0.25) is 0 Å². The molecular weight excluding hydrogens is 283 g/mol. The number of carbonyl (C=O) groups excluding carboxylic acids is 1. The molecule has 0 aromatic carbocycles. The monoisotopic (exact) mass is 297 g/mol. The normalized spacial score (nSPS) is 26.4. The number of alkyl halides is 3. The third-order valence-corrected chi connectivity index (χ3v) is 2.94. The molecule has 1 heterocycles. The first kappa shape index (κ1) is 16.3. The van der Waals surface area contributed by atoms with Gasteiger partial charge in [-0.15, -0.1) is 0 Å². The van der Waals surface area contributed by atoms with Crippen molar-refractivity contribution in [2.24, 2.45) is 0 Å². The van der Waals surface area contributed by atoms with Crippen molar-refractivity contribution in [3.05, 3.63) is 12.7 Å². The van der Waals surface area contributed by atoms with Crippen LogP contribution in [0.2, 0.25) is 0 Å². The highest BCUT2D eigenvalue weighted by atomic mass is 19.4. The third kappa shape index (κ3) is 3.41. The van der Waals surface area contributed by atoms with E-state index in [2.05, 4.69) is 11.3 Å². The van der Waals surface area contributed by atoms with E-state index in [1.54, 1.807) is 0 Å². The molecule has 0 spiro atoms. The average molecular weight is 297 g/mol. The second kappa shape index (κ2) is 5.70. The zero-order chi connectivity index (χ0) is 15.6. The van der Waals surface area contributed by atoms with Gasteiger partial charge in [-0.05, 0) is 0 Å². The van der Waals surface area contributed by atoms with Gasteiger partial charge in [-0.2, -0.15) is 13.2 Å². The Hall–Kier alpha value is -1.77. The SMILES string of the molecule is C=CCOC(=O)N1CC(O)(C(F)(F)F)CC1CC(=O)O. The predicted molar refractivity (Wildman–Crippen MR) is 59.9 cm³/mol. The van der Waals surface area contributed by atoms with Gasteiger partial charge in [-0.1, -0.05) is 12.7 Å². The summed E-state index contributed by atoms with van der Waals surface area (Å²) >= 11 is 0. The van der Waals surface area contributed by atoms with Gasteiger partial charge < -0.3 is 19.8 Å². The van der Waals surface area contributed by atoms with Crippen molar-refractivity contribution >= 4 is 12.1 Å². The van der Waals surface area contributed by atoms with Gasteiger partial charge in [0.05, 0.1) is 13.0 Å². The summed E-state index contributed by atoms with van der Waals surface area (Å²) in [6.45, 7) is 2.00. The number of carbonyl (C=O) groups is 2. The second-order valence-corrected chi connectivity index (χ2v) is 4.48. The molecule has 0 aromatic rings. The first-order valence-electron chi connectivity index (χ1n) is 5.66. The summed E-state index contributed by atoms with van der Waals surface area (Å²) < 4.78 is 42.8. The number of amides is 1. The van der Waals surface area contributed by atoms with Gasteiger partial charge in [0.25, 0.3) is 0 Å². The number of ether oxygens (including phenoxy) is 1. The largest absolute Gasteiger partial charge is 0.481 e. The molecule has 1 aliphatic rings. The maximum absolute atomic E-state index is 12.8. The molecule has 20 heavy (non-hydrogen) atoms. The number of hydrogen-bond acceptors (Lipinski definition) is 4. The number of nitrogens with zero attached hydrogens (tertiary/aromatic N) is 1. The summed E-state index contributed by atoms with van der Waals surface area (Å²) in [4.78, 5) is 22.8. The number of halogens is 3. The Kier molecular flexibility index (Phi) is 4.64. The van der Waals surface area contributed by atoms with Crippen LogP contribution >= 0.6 is 0 Å². The topological polar surface area (TPSA) is 87.1 Å². The number of carboxylic acid groups (broad SMARTS) is 1. The highest BCUT2D eigenvalue weighted by molar-refractivity contribution is 5.72. The molecule has 1 amide bonds. The smallest absolute Gasteiger partial charge is 0.419 e. The molecule has 0 aliphatic carbocycles. The Morgan fingerprint density at radius 3 is 2.55 bits per heavy atom. The zero-order valence-electron chi connectivity index (χ0n) is 10.4. The van der Waals surface area contributed by atoms with Gasteiger partial charge in [-0.3, -0.25) is 4.79 Å². The minimum Gasteiger partial charge on any atom is -0.481 e. The molecule has 0 saturated carbocycles. The van der Waals surface area contributed by atoms with Crippen molar-refractivity contribution in [1.29, 1.82) is 0 Å². The van der Waals surface area contributed by atoms with E-state index in [1.807, 2.05) is 0 Å². The number of aliphatic hydroxyl groups is 1. The van der Waals surface area contributed by atoms with Crippen LogP contribution in [0, 0.1) is 0 Å². The first-order valence-corrected chi connectivity index (χ1v) is 5.66. The molecule has 2 atom stereocenters. The van der Waals surface area contributed by atoms with E-state index in [9.17, 15) is 27.9 Å². The van der Waals surface area contributed by atoms with E-state index in [4.69, 9.17) is 5.11 Å². The molecule has 114 valence electrons. The third-order valence-electron chi connectivity index (χ3n) is 2.94. The number of carboxylic acids is 1. The van der Waals surface area contributed by atoms with E-state index in [-0.39, 0.29) is 6.61 Å². The van der Waals surface area contributed by atoms with E-state index >= 15 is 0 Å². The van der Waals surface area contributed by atoms with Crippen LogP contribution in [0.25, 0.3) is 0 Å². The Labute approximate surface area is 112 Å².